The molecule has 0 bridgehead atoms. The lowest BCUT2D eigenvalue weighted by Crippen LogP contribution is -2.44. The zero-order valence-corrected chi connectivity index (χ0v) is 14.1. The molecule has 130 valence electrons. The van der Waals surface area contributed by atoms with Crippen molar-refractivity contribution in [1.29, 1.82) is 0 Å². The van der Waals surface area contributed by atoms with E-state index < -0.39 is 0 Å². The Morgan fingerprint density at radius 3 is 2.67 bits per heavy atom. The highest BCUT2D eigenvalue weighted by Gasteiger charge is 2.15. The maximum absolute atomic E-state index is 10.2. The number of aliphatic hydroxyl groups is 1. The van der Waals surface area contributed by atoms with Gasteiger partial charge in [0.15, 0.2) is 0 Å². The van der Waals surface area contributed by atoms with Crippen molar-refractivity contribution >= 4 is 0 Å². The van der Waals surface area contributed by atoms with E-state index in [0.717, 1.165) is 32.0 Å². The molecule has 1 aliphatic heterocycles. The summed E-state index contributed by atoms with van der Waals surface area (Å²) in [5.74, 6) is 0. The number of hydrogen-bond donors (Lipinski definition) is 2. The van der Waals surface area contributed by atoms with Crippen LogP contribution in [0.4, 0.5) is 0 Å². The van der Waals surface area contributed by atoms with Gasteiger partial charge in [-0.15, -0.1) is 0 Å². The maximum atomic E-state index is 10.2. The molecule has 6 nitrogen and oxygen atoms in total. The molecule has 0 aliphatic carbocycles. The summed E-state index contributed by atoms with van der Waals surface area (Å²) in [5, 5.41) is 13.6. The van der Waals surface area contributed by atoms with Crippen LogP contribution in [0.5, 0.6) is 0 Å². The van der Waals surface area contributed by atoms with E-state index in [1.165, 1.54) is 5.56 Å². The van der Waals surface area contributed by atoms with Crippen LogP contribution in [0.25, 0.3) is 5.69 Å². The van der Waals surface area contributed by atoms with Crippen molar-refractivity contribution in [1.82, 2.24) is 19.8 Å². The Morgan fingerprint density at radius 2 is 2.00 bits per heavy atom. The Morgan fingerprint density at radius 1 is 1.25 bits per heavy atom. The number of β-amino-alcohol motifs (C(OH)–C–C–N with tert-alkyl or cyclic N) is 1. The number of imidazole rings is 1. The lowest BCUT2D eigenvalue weighted by molar-refractivity contribution is 0.0145. The number of morpholine rings is 1. The van der Waals surface area contributed by atoms with Gasteiger partial charge in [-0.3, -0.25) is 4.90 Å². The van der Waals surface area contributed by atoms with Crippen LogP contribution in [0.2, 0.25) is 0 Å². The third-order valence-corrected chi connectivity index (χ3v) is 4.43. The monoisotopic (exact) mass is 330 g/mol. The lowest BCUT2D eigenvalue weighted by atomic mass is 10.1. The fourth-order valence-corrected chi connectivity index (χ4v) is 2.92. The van der Waals surface area contributed by atoms with Gasteiger partial charge in [0, 0.05) is 50.3 Å². The van der Waals surface area contributed by atoms with Gasteiger partial charge in [-0.1, -0.05) is 12.1 Å². The number of aliphatic hydroxyl groups excluding tert-OH is 1. The van der Waals surface area contributed by atoms with Gasteiger partial charge in [0.25, 0.3) is 0 Å². The predicted octanol–water partition coefficient (Wildman–Crippen LogP) is 1.22. The average molecular weight is 330 g/mol. The summed E-state index contributed by atoms with van der Waals surface area (Å²) in [4.78, 5) is 6.31. The van der Waals surface area contributed by atoms with Crippen LogP contribution in [0.3, 0.4) is 0 Å². The van der Waals surface area contributed by atoms with Gasteiger partial charge < -0.3 is 19.7 Å². The van der Waals surface area contributed by atoms with E-state index in [1.807, 2.05) is 10.8 Å². The van der Waals surface area contributed by atoms with Crippen molar-refractivity contribution in [3.8, 4) is 5.69 Å². The van der Waals surface area contributed by atoms with Crippen LogP contribution in [-0.2, 0) is 4.74 Å². The summed E-state index contributed by atoms with van der Waals surface area (Å²) in [6, 6.07) is 8.59. The van der Waals surface area contributed by atoms with Gasteiger partial charge in [0.2, 0.25) is 0 Å². The highest BCUT2D eigenvalue weighted by Crippen LogP contribution is 2.15. The number of ether oxygens (including phenoxy) is 1. The third kappa shape index (κ3) is 4.64. The number of nitrogens with one attached hydrogen (secondary N) is 1. The Balaban J connectivity index is 1.46. The Labute approximate surface area is 143 Å². The van der Waals surface area contributed by atoms with Crippen LogP contribution < -0.4 is 5.32 Å². The molecular formula is C18H26N4O2. The van der Waals surface area contributed by atoms with Gasteiger partial charge in [0.1, 0.15) is 0 Å². The first-order valence-electron chi connectivity index (χ1n) is 8.52. The molecule has 24 heavy (non-hydrogen) atoms. The minimum atomic E-state index is -0.365. The fourth-order valence-electron chi connectivity index (χ4n) is 2.92. The number of hydrogen-bond acceptors (Lipinski definition) is 5. The SMILES string of the molecule is C[C@@H](NC[C@H](O)CN1CCOCC1)c1ccc(-n2ccnc2)cc1. The fraction of sp³-hybridized carbons (Fsp3) is 0.500. The molecular weight excluding hydrogens is 304 g/mol. The van der Waals surface area contributed by atoms with Crippen LogP contribution in [0.15, 0.2) is 43.0 Å². The summed E-state index contributed by atoms with van der Waals surface area (Å²) in [7, 11) is 0. The summed E-state index contributed by atoms with van der Waals surface area (Å²) in [5.41, 5.74) is 2.30. The van der Waals surface area contributed by atoms with Crippen LogP contribution in [0.1, 0.15) is 18.5 Å². The van der Waals surface area contributed by atoms with E-state index in [2.05, 4.69) is 46.4 Å². The van der Waals surface area contributed by atoms with Gasteiger partial charge in [-0.05, 0) is 24.6 Å². The number of rotatable bonds is 7. The maximum Gasteiger partial charge on any atom is 0.0991 e. The minimum absolute atomic E-state index is 0.196. The quantitative estimate of drug-likeness (QED) is 0.799. The lowest BCUT2D eigenvalue weighted by Gasteiger charge is -2.29. The van der Waals surface area contributed by atoms with E-state index in [1.54, 1.807) is 12.5 Å². The molecule has 0 saturated carbocycles. The molecule has 2 heterocycles. The van der Waals surface area contributed by atoms with Crippen LogP contribution >= 0.6 is 0 Å². The smallest absolute Gasteiger partial charge is 0.0991 e. The van der Waals surface area contributed by atoms with E-state index in [9.17, 15) is 5.11 Å². The first-order chi connectivity index (χ1) is 11.7. The summed E-state index contributed by atoms with van der Waals surface area (Å²) < 4.78 is 7.31. The minimum Gasteiger partial charge on any atom is -0.390 e. The molecule has 0 unspecified atom stereocenters. The first kappa shape index (κ1) is 17.1. The van der Waals surface area contributed by atoms with Crippen molar-refractivity contribution < 1.29 is 9.84 Å². The summed E-state index contributed by atoms with van der Waals surface area (Å²) in [6.07, 6.45) is 5.13. The van der Waals surface area contributed by atoms with Crippen molar-refractivity contribution in [2.45, 2.75) is 19.1 Å². The molecule has 2 N–H and O–H groups in total. The number of benzene rings is 1. The van der Waals surface area contributed by atoms with Crippen LogP contribution in [-0.4, -0.2) is 65.1 Å². The van der Waals surface area contributed by atoms with E-state index in [-0.39, 0.29) is 12.1 Å². The highest BCUT2D eigenvalue weighted by molar-refractivity contribution is 5.35. The standard InChI is InChI=1S/C18H26N4O2/c1-15(20-12-18(23)13-21-8-10-24-11-9-21)16-2-4-17(5-3-16)22-7-6-19-14-22/h2-7,14-15,18,20,23H,8-13H2,1H3/t15-,18+/m1/s1. The second-order valence-corrected chi connectivity index (χ2v) is 6.26. The third-order valence-electron chi connectivity index (χ3n) is 4.43. The largest absolute Gasteiger partial charge is 0.390 e. The van der Waals surface area contributed by atoms with Gasteiger partial charge >= 0.3 is 0 Å². The molecule has 1 saturated heterocycles. The molecule has 1 aliphatic rings. The second-order valence-electron chi connectivity index (χ2n) is 6.26. The molecule has 2 aromatic rings. The Hall–Kier alpha value is -1.73. The van der Waals surface area contributed by atoms with Crippen LogP contribution in [0, 0.1) is 0 Å². The molecule has 0 radical (unpaired) electrons. The van der Waals surface area contributed by atoms with Gasteiger partial charge in [-0.2, -0.15) is 0 Å². The molecule has 1 aromatic heterocycles. The van der Waals surface area contributed by atoms with Crippen molar-refractivity contribution in [3.05, 3.63) is 48.5 Å². The zero-order chi connectivity index (χ0) is 16.8. The van der Waals surface area contributed by atoms with Gasteiger partial charge in [0.05, 0.1) is 25.6 Å². The van der Waals surface area contributed by atoms with Crippen molar-refractivity contribution in [2.24, 2.45) is 0 Å². The summed E-state index contributed by atoms with van der Waals surface area (Å²) >= 11 is 0. The topological polar surface area (TPSA) is 62.6 Å². The molecule has 0 amide bonds. The van der Waals surface area contributed by atoms with E-state index >= 15 is 0 Å². The number of aromatic nitrogens is 2. The molecule has 0 spiro atoms. The summed E-state index contributed by atoms with van der Waals surface area (Å²) in [6.45, 7) is 6.74. The molecule has 6 heteroatoms. The highest BCUT2D eigenvalue weighted by atomic mass is 16.5. The molecule has 3 rings (SSSR count). The average Bonchev–Trinajstić information content (AvgIpc) is 3.15. The van der Waals surface area contributed by atoms with E-state index in [0.29, 0.717) is 13.1 Å². The Kier molecular flexibility index (Phi) is 5.98. The Bertz CT molecular complexity index is 594. The van der Waals surface area contributed by atoms with E-state index in [4.69, 9.17) is 4.74 Å². The second kappa shape index (κ2) is 8.39. The van der Waals surface area contributed by atoms with Crippen molar-refractivity contribution in [3.63, 3.8) is 0 Å². The molecule has 2 atom stereocenters. The normalized spacial score (nSPS) is 18.4. The zero-order valence-electron chi connectivity index (χ0n) is 14.1. The molecule has 1 fully saturated rings. The van der Waals surface area contributed by atoms with Gasteiger partial charge in [-0.25, -0.2) is 4.98 Å². The number of nitrogens with zero attached hydrogens (tertiary/aromatic N) is 3. The van der Waals surface area contributed by atoms with Crippen molar-refractivity contribution in [2.75, 3.05) is 39.4 Å². The predicted molar refractivity (Wildman–Crippen MR) is 93.2 cm³/mol. The molecule has 1 aromatic carbocycles. The first-order valence-corrected chi connectivity index (χ1v) is 8.52.